The first-order chi connectivity index (χ1) is 11.1. The van der Waals surface area contributed by atoms with E-state index in [9.17, 15) is 9.18 Å². The van der Waals surface area contributed by atoms with Gasteiger partial charge in [0.1, 0.15) is 0 Å². The number of benzene rings is 1. The Labute approximate surface area is 139 Å². The molecule has 4 nitrogen and oxygen atoms in total. The van der Waals surface area contributed by atoms with E-state index in [1.165, 1.54) is 18.1 Å². The molecule has 23 heavy (non-hydrogen) atoms. The maximum Gasteiger partial charge on any atom is 0.234 e. The first-order valence-corrected chi connectivity index (χ1v) is 8.26. The van der Waals surface area contributed by atoms with Crippen molar-refractivity contribution >= 4 is 17.2 Å². The highest BCUT2D eigenvalue weighted by Crippen LogP contribution is 2.18. The van der Waals surface area contributed by atoms with Crippen LogP contribution < -0.4 is 10.1 Å². The summed E-state index contributed by atoms with van der Waals surface area (Å²) in [5.41, 5.74) is 0.803. The molecule has 1 N–H and O–H groups in total. The lowest BCUT2D eigenvalue weighted by atomic mass is 10.2. The summed E-state index contributed by atoms with van der Waals surface area (Å²) < 4.78 is 18.5. The summed E-state index contributed by atoms with van der Waals surface area (Å²) in [6.45, 7) is 1.40. The van der Waals surface area contributed by atoms with Crippen molar-refractivity contribution in [1.29, 1.82) is 0 Å². The zero-order chi connectivity index (χ0) is 16.7. The maximum atomic E-state index is 13.6. The van der Waals surface area contributed by atoms with Gasteiger partial charge in [0.15, 0.2) is 11.6 Å². The van der Waals surface area contributed by atoms with Gasteiger partial charge in [0.05, 0.1) is 13.7 Å². The van der Waals surface area contributed by atoms with Gasteiger partial charge in [0, 0.05) is 18.0 Å². The molecule has 1 amide bonds. The first kappa shape index (κ1) is 17.4. The number of halogens is 1. The van der Waals surface area contributed by atoms with E-state index in [4.69, 9.17) is 4.74 Å². The Morgan fingerprint density at radius 1 is 1.39 bits per heavy atom. The second-order valence-corrected chi connectivity index (χ2v) is 6.35. The summed E-state index contributed by atoms with van der Waals surface area (Å²) in [6, 6.07) is 8.89. The Balaban J connectivity index is 1.74. The fourth-order valence-corrected chi connectivity index (χ4v) is 2.97. The van der Waals surface area contributed by atoms with Crippen LogP contribution in [0.25, 0.3) is 0 Å². The number of likely N-dealkylation sites (N-methyl/N-ethyl adjacent to an activating group) is 1. The molecule has 0 aliphatic heterocycles. The van der Waals surface area contributed by atoms with Gasteiger partial charge in [0.25, 0.3) is 0 Å². The molecule has 1 aromatic heterocycles. The van der Waals surface area contributed by atoms with Crippen LogP contribution in [0.1, 0.15) is 10.4 Å². The predicted molar refractivity (Wildman–Crippen MR) is 90.3 cm³/mol. The molecule has 2 rings (SSSR count). The van der Waals surface area contributed by atoms with Crippen LogP contribution in [0.5, 0.6) is 5.75 Å². The lowest BCUT2D eigenvalue weighted by molar-refractivity contribution is -0.122. The van der Waals surface area contributed by atoms with Gasteiger partial charge < -0.3 is 10.1 Å². The van der Waals surface area contributed by atoms with E-state index in [0.717, 1.165) is 12.0 Å². The smallest absolute Gasteiger partial charge is 0.234 e. The summed E-state index contributed by atoms with van der Waals surface area (Å²) in [4.78, 5) is 15.0. The standard InChI is InChI=1S/C17H21FN2O2S/c1-20(11-13-5-6-16(22-2)15(18)10-13)12-17(21)19-8-7-14-4-3-9-23-14/h3-6,9-10H,7-8,11-12H2,1-2H3,(H,19,21). The maximum absolute atomic E-state index is 13.6. The third-order valence-corrected chi connectivity index (χ3v) is 4.29. The molecule has 0 radical (unpaired) electrons. The second kappa shape index (κ2) is 8.64. The van der Waals surface area contributed by atoms with Crippen molar-refractivity contribution < 1.29 is 13.9 Å². The molecule has 0 atom stereocenters. The van der Waals surface area contributed by atoms with Crippen LogP contribution in [-0.4, -0.2) is 38.1 Å². The van der Waals surface area contributed by atoms with E-state index in [2.05, 4.69) is 11.4 Å². The van der Waals surface area contributed by atoms with Crippen LogP contribution in [-0.2, 0) is 17.8 Å². The highest BCUT2D eigenvalue weighted by atomic mass is 32.1. The molecule has 2 aromatic rings. The van der Waals surface area contributed by atoms with Crippen molar-refractivity contribution in [3.8, 4) is 5.75 Å². The number of nitrogens with one attached hydrogen (secondary N) is 1. The van der Waals surface area contributed by atoms with Gasteiger partial charge in [-0.2, -0.15) is 0 Å². The summed E-state index contributed by atoms with van der Waals surface area (Å²) in [6.07, 6.45) is 0.844. The fourth-order valence-electron chi connectivity index (χ4n) is 2.26. The Hall–Kier alpha value is -1.92. The van der Waals surface area contributed by atoms with Gasteiger partial charge in [-0.25, -0.2) is 4.39 Å². The number of rotatable bonds is 8. The minimum atomic E-state index is -0.390. The van der Waals surface area contributed by atoms with Crippen LogP contribution in [0, 0.1) is 5.82 Å². The van der Waals surface area contributed by atoms with Crippen molar-refractivity contribution in [3.63, 3.8) is 0 Å². The SMILES string of the molecule is COc1ccc(CN(C)CC(=O)NCCc2cccs2)cc1F. The van der Waals surface area contributed by atoms with Gasteiger partial charge in [0.2, 0.25) is 5.91 Å². The fraction of sp³-hybridized carbons (Fsp3) is 0.353. The molecule has 0 bridgehead atoms. The molecule has 0 saturated carbocycles. The van der Waals surface area contributed by atoms with Gasteiger partial charge in [-0.05, 0) is 42.6 Å². The normalized spacial score (nSPS) is 10.8. The van der Waals surface area contributed by atoms with Crippen LogP contribution in [0.4, 0.5) is 4.39 Å². The zero-order valence-corrected chi connectivity index (χ0v) is 14.2. The Morgan fingerprint density at radius 3 is 2.87 bits per heavy atom. The highest BCUT2D eigenvalue weighted by Gasteiger charge is 2.09. The number of hydrogen-bond acceptors (Lipinski definition) is 4. The van der Waals surface area contributed by atoms with Crippen LogP contribution in [0.2, 0.25) is 0 Å². The molecule has 1 aromatic carbocycles. The average Bonchev–Trinajstić information content (AvgIpc) is 3.00. The molecule has 0 fully saturated rings. The molecule has 1 heterocycles. The van der Waals surface area contributed by atoms with E-state index >= 15 is 0 Å². The Kier molecular flexibility index (Phi) is 6.55. The molecule has 0 aliphatic rings. The number of hydrogen-bond donors (Lipinski definition) is 1. The van der Waals surface area contributed by atoms with E-state index < -0.39 is 5.82 Å². The van der Waals surface area contributed by atoms with Crippen molar-refractivity contribution in [1.82, 2.24) is 10.2 Å². The number of ether oxygens (including phenoxy) is 1. The number of nitrogens with zero attached hydrogens (tertiary/aromatic N) is 1. The number of thiophene rings is 1. The van der Waals surface area contributed by atoms with Gasteiger partial charge in [-0.3, -0.25) is 9.69 Å². The van der Waals surface area contributed by atoms with E-state index in [0.29, 0.717) is 13.1 Å². The quantitative estimate of drug-likeness (QED) is 0.806. The molecule has 124 valence electrons. The van der Waals surface area contributed by atoms with Crippen molar-refractivity contribution in [2.45, 2.75) is 13.0 Å². The lowest BCUT2D eigenvalue weighted by Gasteiger charge is -2.16. The number of methoxy groups -OCH3 is 1. The summed E-state index contributed by atoms with van der Waals surface area (Å²) >= 11 is 1.69. The van der Waals surface area contributed by atoms with Gasteiger partial charge >= 0.3 is 0 Å². The van der Waals surface area contributed by atoms with Gasteiger partial charge in [-0.15, -0.1) is 11.3 Å². The summed E-state index contributed by atoms with van der Waals surface area (Å²) in [5, 5.41) is 4.93. The van der Waals surface area contributed by atoms with E-state index in [1.54, 1.807) is 23.5 Å². The third-order valence-electron chi connectivity index (χ3n) is 3.36. The predicted octanol–water partition coefficient (Wildman–Crippen LogP) is 2.69. The molecule has 6 heteroatoms. The molecular formula is C17H21FN2O2S. The summed E-state index contributed by atoms with van der Waals surface area (Å²) in [5.74, 6) is -0.195. The molecule has 0 unspecified atom stereocenters. The topological polar surface area (TPSA) is 41.6 Å². The second-order valence-electron chi connectivity index (χ2n) is 5.32. The van der Waals surface area contributed by atoms with Crippen molar-refractivity contribution in [2.24, 2.45) is 0 Å². The molecular weight excluding hydrogens is 315 g/mol. The van der Waals surface area contributed by atoms with E-state index in [1.807, 2.05) is 23.4 Å². The van der Waals surface area contributed by atoms with Crippen LogP contribution in [0.15, 0.2) is 35.7 Å². The largest absolute Gasteiger partial charge is 0.494 e. The number of carbonyl (C=O) groups excluding carboxylic acids is 1. The van der Waals surface area contributed by atoms with Crippen LogP contribution in [0.3, 0.4) is 0 Å². The van der Waals surface area contributed by atoms with Crippen LogP contribution >= 0.6 is 11.3 Å². The van der Waals surface area contributed by atoms with Crippen molar-refractivity contribution in [3.05, 3.63) is 52.0 Å². The molecule has 0 saturated heterocycles. The monoisotopic (exact) mass is 336 g/mol. The molecule has 0 aliphatic carbocycles. The Morgan fingerprint density at radius 2 is 2.22 bits per heavy atom. The summed E-state index contributed by atoms with van der Waals surface area (Å²) in [7, 11) is 3.27. The minimum absolute atomic E-state index is 0.0296. The third kappa shape index (κ3) is 5.65. The zero-order valence-electron chi connectivity index (χ0n) is 13.3. The Bertz CT molecular complexity index is 632. The lowest BCUT2D eigenvalue weighted by Crippen LogP contribution is -2.35. The highest BCUT2D eigenvalue weighted by molar-refractivity contribution is 7.09. The first-order valence-electron chi connectivity index (χ1n) is 7.38. The number of amides is 1. The molecule has 0 spiro atoms. The van der Waals surface area contributed by atoms with Crippen molar-refractivity contribution in [2.75, 3.05) is 27.2 Å². The van der Waals surface area contributed by atoms with E-state index in [-0.39, 0.29) is 18.2 Å². The minimum Gasteiger partial charge on any atom is -0.494 e. The average molecular weight is 336 g/mol. The van der Waals surface area contributed by atoms with Gasteiger partial charge in [-0.1, -0.05) is 12.1 Å². The number of carbonyl (C=O) groups is 1.